The topological polar surface area (TPSA) is 29.5 Å². The van der Waals surface area contributed by atoms with Gasteiger partial charge < -0.3 is 9.84 Å². The van der Waals surface area contributed by atoms with Crippen LogP contribution in [0.2, 0.25) is 0 Å². The molecule has 0 fully saturated rings. The number of fused-ring (bicyclic) bond motifs is 1. The van der Waals surface area contributed by atoms with Gasteiger partial charge in [0.15, 0.2) is 0 Å². The summed E-state index contributed by atoms with van der Waals surface area (Å²) in [5.41, 5.74) is 2.04. The third-order valence-corrected chi connectivity index (χ3v) is 3.63. The quantitative estimate of drug-likeness (QED) is 0.857. The number of ether oxygens (including phenoxy) is 1. The number of hydrogen-bond acceptors (Lipinski definition) is 2. The molecule has 4 heteroatoms. The molecule has 20 heavy (non-hydrogen) atoms. The molecule has 1 N–H and O–H groups in total. The Kier molecular flexibility index (Phi) is 3.18. The van der Waals surface area contributed by atoms with Gasteiger partial charge in [0, 0.05) is 12.0 Å². The fourth-order valence-electron chi connectivity index (χ4n) is 2.57. The number of hydrogen-bond donors (Lipinski definition) is 1. The number of rotatable bonds is 1. The largest absolute Gasteiger partial charge is 0.485 e. The molecule has 0 amide bonds. The number of aryl methyl sites for hydroxylation is 1. The molecule has 1 unspecified atom stereocenters. The minimum Gasteiger partial charge on any atom is -0.485 e. The van der Waals surface area contributed by atoms with Gasteiger partial charge in [0.05, 0.1) is 6.10 Å². The summed E-state index contributed by atoms with van der Waals surface area (Å²) < 4.78 is 32.4. The smallest absolute Gasteiger partial charge is 0.127 e. The highest BCUT2D eigenvalue weighted by molar-refractivity contribution is 5.40. The lowest BCUT2D eigenvalue weighted by Crippen LogP contribution is -2.20. The molecule has 1 aliphatic rings. The minimum atomic E-state index is -0.817. The van der Waals surface area contributed by atoms with Crippen LogP contribution < -0.4 is 4.74 Å². The Hall–Kier alpha value is -1.94. The van der Waals surface area contributed by atoms with E-state index in [1.165, 1.54) is 30.3 Å². The Balaban J connectivity index is 1.99. The van der Waals surface area contributed by atoms with Gasteiger partial charge in [0.1, 0.15) is 23.5 Å². The first kappa shape index (κ1) is 13.1. The molecule has 0 aliphatic carbocycles. The van der Waals surface area contributed by atoms with Gasteiger partial charge in [-0.3, -0.25) is 0 Å². The Morgan fingerprint density at radius 1 is 1.05 bits per heavy atom. The molecule has 0 radical (unpaired) electrons. The molecule has 0 saturated carbocycles. The maximum absolute atomic E-state index is 13.4. The summed E-state index contributed by atoms with van der Waals surface area (Å²) in [7, 11) is 0. The van der Waals surface area contributed by atoms with Crippen molar-refractivity contribution in [3.63, 3.8) is 0 Å². The highest BCUT2D eigenvalue weighted by atomic mass is 19.1. The van der Waals surface area contributed by atoms with Gasteiger partial charge in [0.2, 0.25) is 0 Å². The lowest BCUT2D eigenvalue weighted by atomic mass is 9.93. The zero-order chi connectivity index (χ0) is 14.3. The van der Waals surface area contributed by atoms with Gasteiger partial charge >= 0.3 is 0 Å². The summed E-state index contributed by atoms with van der Waals surface area (Å²) in [6.45, 7) is 1.87. The molecule has 2 atom stereocenters. The van der Waals surface area contributed by atoms with Crippen molar-refractivity contribution in [2.45, 2.75) is 25.6 Å². The van der Waals surface area contributed by atoms with E-state index < -0.39 is 18.0 Å². The molecular formula is C16H14F2O2. The van der Waals surface area contributed by atoms with E-state index in [9.17, 15) is 13.9 Å². The van der Waals surface area contributed by atoms with Crippen molar-refractivity contribution in [3.8, 4) is 5.75 Å². The summed E-state index contributed by atoms with van der Waals surface area (Å²) in [5.74, 6) is -0.306. The average molecular weight is 276 g/mol. The van der Waals surface area contributed by atoms with E-state index in [1.807, 2.05) is 6.92 Å². The fraction of sp³-hybridized carbons (Fsp3) is 0.250. The van der Waals surface area contributed by atoms with Crippen molar-refractivity contribution >= 4 is 0 Å². The monoisotopic (exact) mass is 276 g/mol. The standard InChI is InChI=1S/C16H14F2O2/c1-9-2-3-10(17)6-12(9)16-8-14(19)13-7-11(18)4-5-15(13)20-16/h2-7,14,16,19H,8H2,1H3/t14-,16?/m0/s1. The predicted molar refractivity (Wildman–Crippen MR) is 70.5 cm³/mol. The van der Waals surface area contributed by atoms with Crippen LogP contribution in [-0.2, 0) is 0 Å². The molecule has 2 nitrogen and oxygen atoms in total. The van der Waals surface area contributed by atoms with Crippen LogP contribution in [-0.4, -0.2) is 5.11 Å². The summed E-state index contributed by atoms with van der Waals surface area (Å²) in [6, 6.07) is 8.54. The Morgan fingerprint density at radius 3 is 2.45 bits per heavy atom. The molecule has 0 aromatic heterocycles. The lowest BCUT2D eigenvalue weighted by Gasteiger charge is -2.30. The fourth-order valence-corrected chi connectivity index (χ4v) is 2.57. The molecular weight excluding hydrogens is 262 g/mol. The highest BCUT2D eigenvalue weighted by Gasteiger charge is 2.29. The second kappa shape index (κ2) is 4.87. The first-order valence-electron chi connectivity index (χ1n) is 6.45. The Morgan fingerprint density at radius 2 is 1.70 bits per heavy atom. The average Bonchev–Trinajstić information content (AvgIpc) is 2.42. The van der Waals surface area contributed by atoms with Crippen molar-refractivity contribution in [1.82, 2.24) is 0 Å². The van der Waals surface area contributed by atoms with E-state index in [0.717, 1.165) is 5.56 Å². The summed E-state index contributed by atoms with van der Waals surface area (Å²) in [5, 5.41) is 10.1. The van der Waals surface area contributed by atoms with Crippen molar-refractivity contribution in [1.29, 1.82) is 0 Å². The molecule has 3 rings (SSSR count). The Bertz CT molecular complexity index is 655. The van der Waals surface area contributed by atoms with Crippen LogP contribution in [0.15, 0.2) is 36.4 Å². The molecule has 2 aromatic carbocycles. The minimum absolute atomic E-state index is 0.279. The second-order valence-electron chi connectivity index (χ2n) is 5.04. The summed E-state index contributed by atoms with van der Waals surface area (Å²) >= 11 is 0. The van der Waals surface area contributed by atoms with Crippen LogP contribution in [0.1, 0.15) is 35.3 Å². The van der Waals surface area contributed by atoms with Crippen LogP contribution >= 0.6 is 0 Å². The third-order valence-electron chi connectivity index (χ3n) is 3.63. The normalized spacial score (nSPS) is 21.2. The van der Waals surface area contributed by atoms with Crippen LogP contribution in [0, 0.1) is 18.6 Å². The van der Waals surface area contributed by atoms with Gasteiger partial charge in [-0.2, -0.15) is 0 Å². The van der Waals surface area contributed by atoms with Crippen molar-refractivity contribution in [2.24, 2.45) is 0 Å². The van der Waals surface area contributed by atoms with Crippen LogP contribution in [0.5, 0.6) is 5.75 Å². The molecule has 1 aliphatic heterocycles. The van der Waals surface area contributed by atoms with Crippen molar-refractivity contribution in [3.05, 3.63) is 64.7 Å². The number of benzene rings is 2. The van der Waals surface area contributed by atoms with Crippen LogP contribution in [0.4, 0.5) is 8.78 Å². The molecule has 1 heterocycles. The van der Waals surface area contributed by atoms with Crippen LogP contribution in [0.25, 0.3) is 0 Å². The summed E-state index contributed by atoms with van der Waals surface area (Å²) in [4.78, 5) is 0. The van der Waals surface area contributed by atoms with E-state index >= 15 is 0 Å². The lowest BCUT2D eigenvalue weighted by molar-refractivity contribution is 0.0649. The van der Waals surface area contributed by atoms with E-state index in [0.29, 0.717) is 16.9 Å². The summed E-state index contributed by atoms with van der Waals surface area (Å²) in [6.07, 6.45) is -0.971. The van der Waals surface area contributed by atoms with E-state index in [-0.39, 0.29) is 12.2 Å². The predicted octanol–water partition coefficient (Wildman–Crippen LogP) is 3.83. The van der Waals surface area contributed by atoms with Gasteiger partial charge in [-0.15, -0.1) is 0 Å². The first-order valence-corrected chi connectivity index (χ1v) is 6.45. The maximum Gasteiger partial charge on any atom is 0.127 e. The molecule has 0 saturated heterocycles. The zero-order valence-electron chi connectivity index (χ0n) is 10.9. The van der Waals surface area contributed by atoms with Gasteiger partial charge in [0.25, 0.3) is 0 Å². The van der Waals surface area contributed by atoms with Crippen molar-refractivity contribution < 1.29 is 18.6 Å². The highest BCUT2D eigenvalue weighted by Crippen LogP contribution is 2.41. The number of halogens is 2. The van der Waals surface area contributed by atoms with E-state index in [1.54, 1.807) is 6.07 Å². The van der Waals surface area contributed by atoms with Gasteiger partial charge in [-0.05, 0) is 48.4 Å². The Labute approximate surface area is 115 Å². The van der Waals surface area contributed by atoms with Gasteiger partial charge in [-0.25, -0.2) is 8.78 Å². The SMILES string of the molecule is Cc1ccc(F)cc1C1C[C@H](O)c2cc(F)ccc2O1. The maximum atomic E-state index is 13.4. The molecule has 0 spiro atoms. The first-order chi connectivity index (χ1) is 9.54. The zero-order valence-corrected chi connectivity index (χ0v) is 10.9. The molecule has 104 valence electrons. The molecule has 0 bridgehead atoms. The number of aliphatic hydroxyl groups excluding tert-OH is 1. The van der Waals surface area contributed by atoms with Crippen molar-refractivity contribution in [2.75, 3.05) is 0 Å². The second-order valence-corrected chi connectivity index (χ2v) is 5.04. The van der Waals surface area contributed by atoms with E-state index in [4.69, 9.17) is 4.74 Å². The third kappa shape index (κ3) is 2.27. The van der Waals surface area contributed by atoms with Crippen LogP contribution in [0.3, 0.4) is 0 Å². The van der Waals surface area contributed by atoms with E-state index in [2.05, 4.69) is 0 Å². The van der Waals surface area contributed by atoms with Gasteiger partial charge in [-0.1, -0.05) is 6.07 Å². The molecule has 2 aromatic rings. The number of aliphatic hydroxyl groups is 1.